The van der Waals surface area contributed by atoms with Gasteiger partial charge in [0.2, 0.25) is 17.7 Å². The monoisotopic (exact) mass is 430 g/mol. The van der Waals surface area contributed by atoms with Crippen molar-refractivity contribution in [2.24, 2.45) is 5.92 Å². The highest BCUT2D eigenvalue weighted by Crippen LogP contribution is 2.26. The maximum atomic E-state index is 14.0. The molecule has 1 amide bonds. The number of nitrogens with zero attached hydrogens (tertiary/aromatic N) is 4. The largest absolute Gasteiger partial charge is 0.475 e. The second-order valence-corrected chi connectivity index (χ2v) is 7.24. The molecule has 1 saturated carbocycles. The number of ether oxygens (including phenoxy) is 1. The van der Waals surface area contributed by atoms with E-state index in [-0.39, 0.29) is 42.0 Å². The number of amides is 1. The number of hydrogen-bond acceptors (Lipinski definition) is 6. The first-order valence-electron chi connectivity index (χ1n) is 9.46. The van der Waals surface area contributed by atoms with Crippen LogP contribution in [0.1, 0.15) is 32.6 Å². The molecule has 0 aromatic carbocycles. The number of carbonyl (C=O) groups excluding carboxylic acids is 1. The van der Waals surface area contributed by atoms with Crippen LogP contribution >= 0.6 is 0 Å². The molecule has 8 nitrogen and oxygen atoms in total. The lowest BCUT2D eigenvalue weighted by molar-refractivity contribution is -0.142. The van der Waals surface area contributed by atoms with E-state index in [0.29, 0.717) is 0 Å². The van der Waals surface area contributed by atoms with Gasteiger partial charge in [-0.25, -0.2) is 4.98 Å². The zero-order valence-electron chi connectivity index (χ0n) is 16.2. The predicted molar refractivity (Wildman–Crippen MR) is 98.6 cm³/mol. The van der Waals surface area contributed by atoms with Crippen LogP contribution in [0.2, 0.25) is 0 Å². The summed E-state index contributed by atoms with van der Waals surface area (Å²) in [6.07, 6.45) is 2.20. The third-order valence-electron chi connectivity index (χ3n) is 4.65. The van der Waals surface area contributed by atoms with Gasteiger partial charge in [-0.1, -0.05) is 0 Å². The van der Waals surface area contributed by atoms with Gasteiger partial charge in [0.05, 0.1) is 24.7 Å². The first-order chi connectivity index (χ1) is 14.2. The molecule has 2 N–H and O–H groups in total. The third-order valence-corrected chi connectivity index (χ3v) is 4.65. The molecule has 0 spiro atoms. The molecule has 0 bridgehead atoms. The molecule has 0 saturated heterocycles. The Kier molecular flexibility index (Phi) is 6.73. The third kappa shape index (κ3) is 6.56. The van der Waals surface area contributed by atoms with Crippen molar-refractivity contribution in [1.82, 2.24) is 25.1 Å². The lowest BCUT2D eigenvalue weighted by Gasteiger charge is -2.28. The van der Waals surface area contributed by atoms with Crippen molar-refractivity contribution in [2.45, 2.75) is 51.4 Å². The van der Waals surface area contributed by atoms with Crippen molar-refractivity contribution in [1.29, 1.82) is 0 Å². The topological polar surface area (TPSA) is 94.0 Å². The van der Waals surface area contributed by atoms with E-state index < -0.39 is 18.5 Å². The summed E-state index contributed by atoms with van der Waals surface area (Å²) in [5, 5.41) is 9.18. The molecule has 0 unspecified atom stereocenters. The maximum Gasteiger partial charge on any atom is 0.408 e. The van der Waals surface area contributed by atoms with Gasteiger partial charge >= 0.3 is 6.18 Å². The first kappa shape index (κ1) is 21.8. The zero-order valence-corrected chi connectivity index (χ0v) is 16.2. The molecule has 1 aliphatic rings. The summed E-state index contributed by atoms with van der Waals surface area (Å²) in [6.45, 7) is 0.529. The summed E-state index contributed by atoms with van der Waals surface area (Å²) in [5.74, 6) is -0.838. The van der Waals surface area contributed by atoms with Gasteiger partial charge in [0.1, 0.15) is 6.54 Å². The molecule has 3 rings (SSSR count). The highest BCUT2D eigenvalue weighted by molar-refractivity contribution is 5.73. The van der Waals surface area contributed by atoms with Gasteiger partial charge in [-0.05, 0) is 31.6 Å². The standard InChI is InChI=1S/C18H22F4N6O2/c1-11(29)25-13-4-2-12(3-5-13)9-30-16-15(19)7-23-17(27-16)26-14-6-24-28(8-14)10-18(20,21)22/h6-8,12-13H,2-5,9-10H2,1H3,(H,25,29)(H,23,26,27)/t12-,13-. The summed E-state index contributed by atoms with van der Waals surface area (Å²) in [4.78, 5) is 18.8. The lowest BCUT2D eigenvalue weighted by atomic mass is 9.86. The van der Waals surface area contributed by atoms with E-state index in [9.17, 15) is 22.4 Å². The smallest absolute Gasteiger partial charge is 0.408 e. The van der Waals surface area contributed by atoms with Gasteiger partial charge in [-0.3, -0.25) is 9.48 Å². The second-order valence-electron chi connectivity index (χ2n) is 7.24. The normalized spacial score (nSPS) is 19.4. The zero-order chi connectivity index (χ0) is 21.7. The van der Waals surface area contributed by atoms with Gasteiger partial charge in [-0.2, -0.15) is 27.6 Å². The summed E-state index contributed by atoms with van der Waals surface area (Å²) in [6, 6.07) is 0.156. The van der Waals surface area contributed by atoms with E-state index in [2.05, 4.69) is 25.7 Å². The van der Waals surface area contributed by atoms with Gasteiger partial charge in [0, 0.05) is 19.2 Å². The minimum absolute atomic E-state index is 0.0210. The summed E-state index contributed by atoms with van der Waals surface area (Å²) in [7, 11) is 0. The second kappa shape index (κ2) is 9.26. The number of aromatic nitrogens is 4. The van der Waals surface area contributed by atoms with Crippen molar-refractivity contribution < 1.29 is 27.1 Å². The van der Waals surface area contributed by atoms with Crippen LogP contribution in [0.5, 0.6) is 5.88 Å². The quantitative estimate of drug-likeness (QED) is 0.656. The molecule has 1 fully saturated rings. The molecule has 30 heavy (non-hydrogen) atoms. The molecule has 2 aromatic heterocycles. The van der Waals surface area contributed by atoms with Crippen molar-refractivity contribution in [2.75, 3.05) is 11.9 Å². The highest BCUT2D eigenvalue weighted by Gasteiger charge is 2.28. The van der Waals surface area contributed by atoms with Gasteiger partial charge in [0.15, 0.2) is 0 Å². The molecular weight excluding hydrogens is 408 g/mol. The Hall–Kier alpha value is -2.92. The molecule has 0 atom stereocenters. The van der Waals surface area contributed by atoms with Crippen LogP contribution in [-0.4, -0.2) is 44.5 Å². The molecule has 2 aromatic rings. The number of rotatable bonds is 7. The fourth-order valence-corrected chi connectivity index (χ4v) is 3.30. The van der Waals surface area contributed by atoms with E-state index in [1.54, 1.807) is 0 Å². The van der Waals surface area contributed by atoms with Crippen LogP contribution in [0.4, 0.5) is 29.2 Å². The summed E-state index contributed by atoms with van der Waals surface area (Å²) < 4.78 is 57.5. The Morgan fingerprint density at radius 1 is 1.27 bits per heavy atom. The number of carbonyl (C=O) groups is 1. The average molecular weight is 430 g/mol. The number of nitrogens with one attached hydrogen (secondary N) is 2. The van der Waals surface area contributed by atoms with Crippen LogP contribution in [0, 0.1) is 11.7 Å². The number of anilines is 2. The lowest BCUT2D eigenvalue weighted by Crippen LogP contribution is -2.37. The number of halogens is 4. The van der Waals surface area contributed by atoms with E-state index in [1.807, 2.05) is 0 Å². The van der Waals surface area contributed by atoms with Gasteiger partial charge in [-0.15, -0.1) is 0 Å². The van der Waals surface area contributed by atoms with E-state index in [1.165, 1.54) is 13.1 Å². The van der Waals surface area contributed by atoms with E-state index >= 15 is 0 Å². The molecular formula is C18H22F4N6O2. The summed E-state index contributed by atoms with van der Waals surface area (Å²) in [5.41, 5.74) is 0.230. The Morgan fingerprint density at radius 2 is 2.00 bits per heavy atom. The predicted octanol–water partition coefficient (Wildman–Crippen LogP) is 3.19. The summed E-state index contributed by atoms with van der Waals surface area (Å²) >= 11 is 0. The molecule has 1 aliphatic carbocycles. The van der Waals surface area contributed by atoms with Crippen LogP contribution in [-0.2, 0) is 11.3 Å². The van der Waals surface area contributed by atoms with Crippen molar-refractivity contribution >= 4 is 17.5 Å². The fourth-order valence-electron chi connectivity index (χ4n) is 3.30. The minimum Gasteiger partial charge on any atom is -0.475 e. The van der Waals surface area contributed by atoms with Crippen LogP contribution in [0.25, 0.3) is 0 Å². The molecule has 0 aliphatic heterocycles. The molecule has 0 radical (unpaired) electrons. The fraction of sp³-hybridized carbons (Fsp3) is 0.556. The molecule has 2 heterocycles. The minimum atomic E-state index is -4.39. The van der Waals surface area contributed by atoms with Crippen LogP contribution < -0.4 is 15.4 Å². The maximum absolute atomic E-state index is 14.0. The average Bonchev–Trinajstić information content (AvgIpc) is 3.08. The Bertz CT molecular complexity index is 865. The Labute approximate surface area is 170 Å². The van der Waals surface area contributed by atoms with Crippen molar-refractivity contribution in [3.63, 3.8) is 0 Å². The first-order valence-corrected chi connectivity index (χ1v) is 9.46. The highest BCUT2D eigenvalue weighted by atomic mass is 19.4. The van der Waals surface area contributed by atoms with Crippen molar-refractivity contribution in [3.8, 4) is 5.88 Å². The molecule has 12 heteroatoms. The van der Waals surface area contributed by atoms with Crippen LogP contribution in [0.15, 0.2) is 18.6 Å². The van der Waals surface area contributed by atoms with E-state index in [4.69, 9.17) is 4.74 Å². The number of alkyl halides is 3. The SMILES string of the molecule is CC(=O)N[C@H]1CC[C@H](COc2nc(Nc3cnn(CC(F)(F)F)c3)ncc2F)CC1. The molecule has 164 valence electrons. The van der Waals surface area contributed by atoms with Gasteiger partial charge in [0.25, 0.3) is 5.88 Å². The van der Waals surface area contributed by atoms with Crippen molar-refractivity contribution in [3.05, 3.63) is 24.4 Å². The number of hydrogen-bond donors (Lipinski definition) is 2. The Balaban J connectivity index is 1.54. The Morgan fingerprint density at radius 3 is 2.67 bits per heavy atom. The van der Waals surface area contributed by atoms with Gasteiger partial charge < -0.3 is 15.4 Å². The van der Waals surface area contributed by atoms with Crippen LogP contribution in [0.3, 0.4) is 0 Å². The van der Waals surface area contributed by atoms with E-state index in [0.717, 1.165) is 42.8 Å².